The molecule has 1 saturated carbocycles. The van der Waals surface area contributed by atoms with Gasteiger partial charge in [-0.2, -0.15) is 5.10 Å². The van der Waals surface area contributed by atoms with Crippen molar-refractivity contribution in [2.75, 3.05) is 18.1 Å². The van der Waals surface area contributed by atoms with E-state index in [1.807, 2.05) is 58.7 Å². The number of carbonyl (C=O) groups excluding carboxylic acids is 2. The minimum Gasteiger partial charge on any atom is -0.452 e. The lowest BCUT2D eigenvalue weighted by atomic mass is 10.2. The zero-order valence-corrected chi connectivity index (χ0v) is 21.3. The number of aromatic nitrogens is 2. The third kappa shape index (κ3) is 5.93. The zero-order valence-electron chi connectivity index (χ0n) is 19.7. The van der Waals surface area contributed by atoms with Crippen molar-refractivity contribution in [3.05, 3.63) is 71.2 Å². The Morgan fingerprint density at radius 1 is 1.11 bits per heavy atom. The van der Waals surface area contributed by atoms with Crippen molar-refractivity contribution in [3.63, 3.8) is 0 Å². The molecule has 1 aromatic carbocycles. The van der Waals surface area contributed by atoms with Crippen molar-refractivity contribution < 1.29 is 22.7 Å². The van der Waals surface area contributed by atoms with Crippen LogP contribution in [0, 0.1) is 0 Å². The fraction of sp³-hybridized carbons (Fsp3) is 0.346. The van der Waals surface area contributed by atoms with E-state index in [1.165, 1.54) is 6.08 Å². The van der Waals surface area contributed by atoms with E-state index in [9.17, 15) is 18.0 Å². The van der Waals surface area contributed by atoms with Gasteiger partial charge in [0.1, 0.15) is 5.69 Å². The van der Waals surface area contributed by atoms with Crippen LogP contribution in [0.4, 0.5) is 0 Å². The van der Waals surface area contributed by atoms with Crippen LogP contribution in [0.3, 0.4) is 0 Å². The van der Waals surface area contributed by atoms with Gasteiger partial charge in [-0.3, -0.25) is 9.48 Å². The van der Waals surface area contributed by atoms with Crippen LogP contribution in [0.1, 0.15) is 30.4 Å². The fourth-order valence-corrected chi connectivity index (χ4v) is 6.92. The van der Waals surface area contributed by atoms with Crippen molar-refractivity contribution in [1.82, 2.24) is 14.7 Å². The van der Waals surface area contributed by atoms with Crippen molar-refractivity contribution in [3.8, 4) is 10.6 Å². The highest BCUT2D eigenvalue weighted by Gasteiger charge is 2.42. The lowest BCUT2D eigenvalue weighted by Crippen LogP contribution is -2.44. The predicted molar refractivity (Wildman–Crippen MR) is 138 cm³/mol. The number of ether oxygens (including phenoxy) is 1. The summed E-state index contributed by atoms with van der Waals surface area (Å²) in [5.74, 6) is -0.884. The molecule has 10 heteroatoms. The minimum atomic E-state index is -3.11. The molecule has 1 unspecified atom stereocenters. The summed E-state index contributed by atoms with van der Waals surface area (Å²) >= 11 is 1.56. The van der Waals surface area contributed by atoms with Gasteiger partial charge < -0.3 is 9.64 Å². The Morgan fingerprint density at radius 2 is 1.92 bits per heavy atom. The molecule has 1 atom stereocenters. The number of carbonyl (C=O) groups is 2. The molecule has 0 bridgehead atoms. The molecule has 2 aliphatic rings. The van der Waals surface area contributed by atoms with Gasteiger partial charge in [-0.05, 0) is 42.3 Å². The lowest BCUT2D eigenvalue weighted by molar-refractivity contribution is -0.149. The molecule has 188 valence electrons. The molecule has 3 heterocycles. The Kier molecular flexibility index (Phi) is 7.06. The molecule has 2 aromatic heterocycles. The van der Waals surface area contributed by atoms with Crippen molar-refractivity contribution in [2.24, 2.45) is 0 Å². The number of hydrogen-bond acceptors (Lipinski definition) is 7. The number of benzene rings is 1. The fourth-order valence-electron chi connectivity index (χ4n) is 4.48. The van der Waals surface area contributed by atoms with Gasteiger partial charge in [-0.25, -0.2) is 13.2 Å². The van der Waals surface area contributed by atoms with E-state index in [4.69, 9.17) is 9.84 Å². The smallest absolute Gasteiger partial charge is 0.331 e. The number of hydrogen-bond donors (Lipinski definition) is 0. The van der Waals surface area contributed by atoms with Crippen LogP contribution in [-0.4, -0.2) is 65.2 Å². The van der Waals surface area contributed by atoms with E-state index < -0.39 is 22.4 Å². The van der Waals surface area contributed by atoms with Gasteiger partial charge in [0.15, 0.2) is 16.4 Å². The zero-order chi connectivity index (χ0) is 25.1. The highest BCUT2D eigenvalue weighted by molar-refractivity contribution is 7.91. The maximum absolute atomic E-state index is 12.8. The van der Waals surface area contributed by atoms with Gasteiger partial charge in [0.2, 0.25) is 0 Å². The minimum absolute atomic E-state index is 0.0123. The molecule has 36 heavy (non-hydrogen) atoms. The SMILES string of the molecule is O=C(C=Cc1cn(Cc2ccccc2)nc1-c1cccs1)OCC(=O)N(C1CC1)C1CCS(=O)(=O)C1. The normalized spacial score (nSPS) is 18.9. The third-order valence-corrected chi connectivity index (χ3v) is 8.93. The molecule has 5 rings (SSSR count). The van der Waals surface area contributed by atoms with Crippen LogP contribution >= 0.6 is 11.3 Å². The number of amides is 1. The van der Waals surface area contributed by atoms with Crippen LogP contribution in [0.25, 0.3) is 16.6 Å². The predicted octanol–water partition coefficient (Wildman–Crippen LogP) is 3.39. The molecule has 1 amide bonds. The second-order valence-electron chi connectivity index (χ2n) is 9.12. The molecule has 3 aromatic rings. The summed E-state index contributed by atoms with van der Waals surface area (Å²) in [5.41, 5.74) is 2.65. The lowest BCUT2D eigenvalue weighted by Gasteiger charge is -2.28. The molecule has 2 fully saturated rings. The molecular weight excluding hydrogens is 498 g/mol. The van der Waals surface area contributed by atoms with Gasteiger partial charge in [-0.15, -0.1) is 11.3 Å². The summed E-state index contributed by atoms with van der Waals surface area (Å²) in [6.07, 6.45) is 6.99. The number of esters is 1. The van der Waals surface area contributed by atoms with Gasteiger partial charge in [0.25, 0.3) is 5.91 Å². The first-order chi connectivity index (χ1) is 17.4. The summed E-state index contributed by atoms with van der Waals surface area (Å²) in [7, 11) is -3.11. The Balaban J connectivity index is 1.24. The first kappa shape index (κ1) is 24.5. The van der Waals surface area contributed by atoms with E-state index in [0.29, 0.717) is 13.0 Å². The molecule has 8 nitrogen and oxygen atoms in total. The summed E-state index contributed by atoms with van der Waals surface area (Å²) in [5, 5.41) is 6.69. The Morgan fingerprint density at radius 3 is 2.58 bits per heavy atom. The summed E-state index contributed by atoms with van der Waals surface area (Å²) in [6, 6.07) is 13.6. The van der Waals surface area contributed by atoms with Crippen LogP contribution in [0.2, 0.25) is 0 Å². The van der Waals surface area contributed by atoms with Crippen LogP contribution in [0.5, 0.6) is 0 Å². The average molecular weight is 526 g/mol. The molecule has 0 N–H and O–H groups in total. The Bertz CT molecular complexity index is 1360. The number of sulfone groups is 1. The first-order valence-electron chi connectivity index (χ1n) is 11.9. The monoisotopic (exact) mass is 525 g/mol. The van der Waals surface area contributed by atoms with E-state index in [2.05, 4.69) is 0 Å². The maximum atomic E-state index is 12.8. The Hall–Kier alpha value is -3.24. The van der Waals surface area contributed by atoms with Gasteiger partial charge in [-0.1, -0.05) is 36.4 Å². The molecule has 1 aliphatic carbocycles. The molecule has 0 radical (unpaired) electrons. The topological polar surface area (TPSA) is 98.6 Å². The van der Waals surface area contributed by atoms with Crippen molar-refractivity contribution in [1.29, 1.82) is 0 Å². The highest BCUT2D eigenvalue weighted by atomic mass is 32.2. The summed E-state index contributed by atoms with van der Waals surface area (Å²) in [4.78, 5) is 27.9. The second kappa shape index (κ2) is 10.4. The quantitative estimate of drug-likeness (QED) is 0.314. The van der Waals surface area contributed by atoms with Crippen LogP contribution < -0.4 is 0 Å². The van der Waals surface area contributed by atoms with Gasteiger partial charge >= 0.3 is 5.97 Å². The standard InChI is InChI=1S/C26H27N3O5S2/c30-24(29(21-9-10-21)22-12-14-36(32,33)18-22)17-34-25(31)11-8-20-16-28(15-19-5-2-1-3-6-19)27-26(20)23-7-4-13-35-23/h1-8,11,13,16,21-22H,9-10,12,14-15,17-18H2. The summed E-state index contributed by atoms with van der Waals surface area (Å²) < 4.78 is 30.8. The van der Waals surface area contributed by atoms with Gasteiger partial charge in [0.05, 0.1) is 22.9 Å². The molecular formula is C26H27N3O5S2. The van der Waals surface area contributed by atoms with Crippen LogP contribution in [-0.2, 0) is 30.7 Å². The number of rotatable bonds is 9. The maximum Gasteiger partial charge on any atom is 0.331 e. The van der Waals surface area contributed by atoms with Crippen molar-refractivity contribution in [2.45, 2.75) is 37.9 Å². The third-order valence-electron chi connectivity index (χ3n) is 6.30. The van der Waals surface area contributed by atoms with E-state index in [1.54, 1.807) is 22.3 Å². The number of thiophene rings is 1. The largest absolute Gasteiger partial charge is 0.452 e. The number of nitrogens with zero attached hydrogens (tertiary/aromatic N) is 3. The van der Waals surface area contributed by atoms with Crippen LogP contribution in [0.15, 0.2) is 60.1 Å². The highest BCUT2D eigenvalue weighted by Crippen LogP contribution is 2.32. The summed E-state index contributed by atoms with van der Waals surface area (Å²) in [6.45, 7) is 0.196. The van der Waals surface area contributed by atoms with E-state index in [-0.39, 0.29) is 29.5 Å². The second-order valence-corrected chi connectivity index (χ2v) is 12.3. The van der Waals surface area contributed by atoms with Crippen molar-refractivity contribution >= 4 is 39.1 Å². The van der Waals surface area contributed by atoms with Gasteiger partial charge in [0, 0.05) is 29.9 Å². The molecule has 0 spiro atoms. The van der Waals surface area contributed by atoms with E-state index in [0.717, 1.165) is 34.5 Å². The Labute approximate surface area is 214 Å². The average Bonchev–Trinajstić information content (AvgIpc) is 3.22. The molecule has 1 aliphatic heterocycles. The molecule has 1 saturated heterocycles. The first-order valence-corrected chi connectivity index (χ1v) is 14.6. The van der Waals surface area contributed by atoms with E-state index >= 15 is 0 Å².